The number of ether oxygens (including phenoxy) is 2. The lowest BCUT2D eigenvalue weighted by atomic mass is 9.99. The van der Waals surface area contributed by atoms with Crippen molar-refractivity contribution in [2.24, 2.45) is 0 Å². The lowest BCUT2D eigenvalue weighted by Crippen LogP contribution is -1.93. The van der Waals surface area contributed by atoms with Gasteiger partial charge in [-0.25, -0.2) is 0 Å². The minimum Gasteiger partial charge on any atom is -0.508 e. The average Bonchev–Trinajstić information content (AvgIpc) is 3.17. The van der Waals surface area contributed by atoms with E-state index in [-0.39, 0.29) is 5.75 Å². The highest BCUT2D eigenvalue weighted by Crippen LogP contribution is 2.30. The topological polar surface area (TPSA) is 54.5 Å². The Morgan fingerprint density at radius 3 is 2.40 bits per heavy atom. The first-order valence-electron chi connectivity index (χ1n) is 8.04. The van der Waals surface area contributed by atoms with Crippen LogP contribution in [-0.2, 0) is 6.42 Å². The van der Waals surface area contributed by atoms with Crippen molar-refractivity contribution in [3.63, 3.8) is 0 Å². The molecule has 0 saturated heterocycles. The summed E-state index contributed by atoms with van der Waals surface area (Å²) in [5, 5.41) is 9.47. The Balaban J connectivity index is 1.97. The molecule has 0 amide bonds. The van der Waals surface area contributed by atoms with E-state index in [0.29, 0.717) is 11.5 Å². The van der Waals surface area contributed by atoms with Crippen molar-refractivity contribution in [2.45, 2.75) is 6.42 Å². The van der Waals surface area contributed by atoms with Crippen molar-refractivity contribution < 1.29 is 14.6 Å². The van der Waals surface area contributed by atoms with Gasteiger partial charge in [0.1, 0.15) is 5.75 Å². The minimum absolute atomic E-state index is 0.272. The number of aromatic amines is 1. The zero-order valence-corrected chi connectivity index (χ0v) is 14.3. The molecule has 0 aliphatic carbocycles. The predicted octanol–water partition coefficient (Wildman–Crippen LogP) is 4.52. The second-order valence-electron chi connectivity index (χ2n) is 5.71. The number of aromatic hydroxyl groups is 1. The lowest BCUT2D eigenvalue weighted by molar-refractivity contribution is 0.355. The van der Waals surface area contributed by atoms with Gasteiger partial charge >= 0.3 is 0 Å². The third-order valence-electron chi connectivity index (χ3n) is 4.02. The van der Waals surface area contributed by atoms with Gasteiger partial charge in [-0.05, 0) is 65.6 Å². The number of hydrogen-bond acceptors (Lipinski definition) is 3. The number of nitrogens with one attached hydrogen (secondary N) is 1. The van der Waals surface area contributed by atoms with Gasteiger partial charge in [-0.3, -0.25) is 0 Å². The summed E-state index contributed by atoms with van der Waals surface area (Å²) in [5.74, 6) is 1.68. The molecule has 0 saturated carbocycles. The first-order valence-corrected chi connectivity index (χ1v) is 8.04. The van der Waals surface area contributed by atoms with Crippen LogP contribution < -0.4 is 9.47 Å². The molecule has 4 heteroatoms. The Morgan fingerprint density at radius 2 is 1.76 bits per heavy atom. The van der Waals surface area contributed by atoms with Crippen molar-refractivity contribution in [3.05, 3.63) is 77.6 Å². The van der Waals surface area contributed by atoms with Gasteiger partial charge < -0.3 is 19.6 Å². The van der Waals surface area contributed by atoms with E-state index in [1.54, 1.807) is 26.4 Å². The van der Waals surface area contributed by atoms with Crippen molar-refractivity contribution >= 4 is 11.6 Å². The second-order valence-corrected chi connectivity index (χ2v) is 5.71. The van der Waals surface area contributed by atoms with Gasteiger partial charge in [-0.2, -0.15) is 0 Å². The molecule has 3 aromatic rings. The standard InChI is InChI=1S/C21H21NO3/c1-24-20-10-7-16(14-21(20)25-2)13-17(19-4-3-11-22-19)12-15-5-8-18(23)9-6-15/h3-11,13-14,22-23H,12H2,1-2H3. The van der Waals surface area contributed by atoms with Crippen LogP contribution in [0.1, 0.15) is 16.8 Å². The Bertz CT molecular complexity index is 849. The summed E-state index contributed by atoms with van der Waals surface area (Å²) in [6.45, 7) is 0. The maximum absolute atomic E-state index is 9.47. The number of aromatic nitrogens is 1. The van der Waals surface area contributed by atoms with Crippen LogP contribution in [0.4, 0.5) is 0 Å². The summed E-state index contributed by atoms with van der Waals surface area (Å²) in [6, 6.07) is 17.2. The molecule has 0 aliphatic rings. The first kappa shape index (κ1) is 16.7. The molecule has 0 spiro atoms. The second kappa shape index (κ2) is 7.62. The van der Waals surface area contributed by atoms with Gasteiger partial charge in [0.25, 0.3) is 0 Å². The Morgan fingerprint density at radius 1 is 1.00 bits per heavy atom. The van der Waals surface area contributed by atoms with E-state index >= 15 is 0 Å². The lowest BCUT2D eigenvalue weighted by Gasteiger charge is -2.10. The van der Waals surface area contributed by atoms with Gasteiger partial charge in [0.2, 0.25) is 0 Å². The highest BCUT2D eigenvalue weighted by atomic mass is 16.5. The minimum atomic E-state index is 0.272. The van der Waals surface area contributed by atoms with E-state index in [9.17, 15) is 5.11 Å². The molecule has 0 bridgehead atoms. The SMILES string of the molecule is COc1ccc(C=C(Cc2ccc(O)cc2)c2ccc[nH]2)cc1OC. The number of phenols is 1. The third kappa shape index (κ3) is 4.04. The molecular weight excluding hydrogens is 314 g/mol. The zero-order valence-electron chi connectivity index (χ0n) is 14.3. The summed E-state index contributed by atoms with van der Waals surface area (Å²) in [6.07, 6.45) is 4.78. The van der Waals surface area contributed by atoms with Gasteiger partial charge in [-0.15, -0.1) is 0 Å². The molecule has 0 aliphatic heterocycles. The summed E-state index contributed by atoms with van der Waals surface area (Å²) in [4.78, 5) is 3.27. The van der Waals surface area contributed by atoms with Crippen molar-refractivity contribution in [3.8, 4) is 17.2 Å². The normalized spacial score (nSPS) is 11.4. The number of benzene rings is 2. The molecule has 2 N–H and O–H groups in total. The molecule has 4 nitrogen and oxygen atoms in total. The van der Waals surface area contributed by atoms with Crippen LogP contribution in [0.25, 0.3) is 11.6 Å². The van der Waals surface area contributed by atoms with E-state index in [2.05, 4.69) is 11.1 Å². The molecule has 3 rings (SSSR count). The summed E-state index contributed by atoms with van der Waals surface area (Å²) in [7, 11) is 3.26. The average molecular weight is 335 g/mol. The molecule has 2 aromatic carbocycles. The van der Waals surface area contributed by atoms with Crippen molar-refractivity contribution in [1.82, 2.24) is 4.98 Å². The smallest absolute Gasteiger partial charge is 0.161 e. The van der Waals surface area contributed by atoms with E-state index < -0.39 is 0 Å². The number of H-pyrrole nitrogens is 1. The van der Waals surface area contributed by atoms with E-state index in [1.807, 2.05) is 48.7 Å². The molecule has 0 atom stereocenters. The Labute approximate surface area is 147 Å². The number of allylic oxidation sites excluding steroid dienone is 1. The van der Waals surface area contributed by atoms with Crippen LogP contribution in [0.3, 0.4) is 0 Å². The predicted molar refractivity (Wildman–Crippen MR) is 100 cm³/mol. The Kier molecular flexibility index (Phi) is 5.09. The fourth-order valence-electron chi connectivity index (χ4n) is 2.73. The van der Waals surface area contributed by atoms with Crippen LogP contribution in [0.5, 0.6) is 17.2 Å². The van der Waals surface area contributed by atoms with Crippen molar-refractivity contribution in [1.29, 1.82) is 0 Å². The van der Waals surface area contributed by atoms with E-state index in [4.69, 9.17) is 9.47 Å². The zero-order chi connectivity index (χ0) is 17.6. The third-order valence-corrected chi connectivity index (χ3v) is 4.02. The number of hydrogen-bond donors (Lipinski definition) is 2. The fourth-order valence-corrected chi connectivity index (χ4v) is 2.73. The molecule has 1 aromatic heterocycles. The first-order chi connectivity index (χ1) is 12.2. The largest absolute Gasteiger partial charge is 0.508 e. The maximum atomic E-state index is 9.47. The number of phenolic OH excluding ortho intramolecular Hbond substituents is 1. The van der Waals surface area contributed by atoms with Crippen LogP contribution in [0.2, 0.25) is 0 Å². The quantitative estimate of drug-likeness (QED) is 0.696. The summed E-state index contributed by atoms with van der Waals surface area (Å²) >= 11 is 0. The molecule has 128 valence electrons. The van der Waals surface area contributed by atoms with Crippen LogP contribution >= 0.6 is 0 Å². The number of rotatable bonds is 6. The monoisotopic (exact) mass is 335 g/mol. The highest BCUT2D eigenvalue weighted by molar-refractivity contribution is 5.82. The van der Waals surface area contributed by atoms with Gasteiger partial charge in [0, 0.05) is 11.9 Å². The van der Waals surface area contributed by atoms with E-state index in [0.717, 1.165) is 28.8 Å². The molecular formula is C21H21NO3. The molecule has 0 unspecified atom stereocenters. The van der Waals surface area contributed by atoms with Gasteiger partial charge in [0.05, 0.1) is 14.2 Å². The highest BCUT2D eigenvalue weighted by Gasteiger charge is 2.08. The van der Waals surface area contributed by atoms with Crippen molar-refractivity contribution in [2.75, 3.05) is 14.2 Å². The molecule has 1 heterocycles. The molecule has 25 heavy (non-hydrogen) atoms. The molecule has 0 fully saturated rings. The van der Waals surface area contributed by atoms with Crippen LogP contribution in [0.15, 0.2) is 60.8 Å². The number of methoxy groups -OCH3 is 2. The van der Waals surface area contributed by atoms with Crippen LogP contribution in [-0.4, -0.2) is 24.3 Å². The van der Waals surface area contributed by atoms with Gasteiger partial charge in [-0.1, -0.05) is 18.2 Å². The van der Waals surface area contributed by atoms with E-state index in [1.165, 1.54) is 0 Å². The fraction of sp³-hybridized carbons (Fsp3) is 0.143. The Hall–Kier alpha value is -3.14. The van der Waals surface area contributed by atoms with Crippen LogP contribution in [0, 0.1) is 0 Å². The van der Waals surface area contributed by atoms with Gasteiger partial charge in [0.15, 0.2) is 11.5 Å². The summed E-state index contributed by atoms with van der Waals surface area (Å²) < 4.78 is 10.7. The molecule has 0 radical (unpaired) electrons. The maximum Gasteiger partial charge on any atom is 0.161 e. The summed E-state index contributed by atoms with van der Waals surface area (Å²) in [5.41, 5.74) is 4.35.